The summed E-state index contributed by atoms with van der Waals surface area (Å²) in [5.74, 6) is 2.84. The number of carbonyl (C=O) groups excluding carboxylic acids is 2. The summed E-state index contributed by atoms with van der Waals surface area (Å²) in [6.45, 7) is 0.740. The fourth-order valence-corrected chi connectivity index (χ4v) is 11.1. The number of amides is 2. The van der Waals surface area contributed by atoms with Gasteiger partial charge in [-0.05, 0) is 0 Å². The van der Waals surface area contributed by atoms with Crippen LogP contribution in [0.1, 0.15) is 0 Å². The van der Waals surface area contributed by atoms with Crippen molar-refractivity contribution in [3.05, 3.63) is 0 Å². The van der Waals surface area contributed by atoms with Crippen molar-refractivity contribution in [2.75, 3.05) is 79.5 Å². The minimum Gasteiger partial charge on any atom is -0.396 e. The SMILES string of the molecule is O=C(NCSCSC/N=C\S(=O)CSCSCSCSC(=O)NCSCSCNCCO)SCCO. The molecule has 5 N–H and O–H groups in total. The second kappa shape index (κ2) is 31.3. The largest absolute Gasteiger partial charge is 0.396 e. The van der Waals surface area contributed by atoms with E-state index in [9.17, 15) is 13.8 Å². The highest BCUT2D eigenvalue weighted by atomic mass is 32.3. The monoisotopic (exact) mass is 694 g/mol. The fraction of sp³-hybridized carbons (Fsp3) is 0.824. The lowest BCUT2D eigenvalue weighted by Gasteiger charge is -2.05. The molecule has 0 saturated heterocycles. The molecule has 0 aliphatic heterocycles. The van der Waals surface area contributed by atoms with Gasteiger partial charge in [0.1, 0.15) is 0 Å². The van der Waals surface area contributed by atoms with Gasteiger partial charge < -0.3 is 26.2 Å². The third kappa shape index (κ3) is 30.3. The van der Waals surface area contributed by atoms with Crippen LogP contribution >= 0.6 is 106 Å². The van der Waals surface area contributed by atoms with Crippen LogP contribution in [0.2, 0.25) is 0 Å². The number of nitrogens with zero attached hydrogens (tertiary/aromatic N) is 1. The zero-order chi connectivity index (χ0) is 26.5. The van der Waals surface area contributed by atoms with E-state index in [1.807, 2.05) is 0 Å². The predicted octanol–water partition coefficient (Wildman–Crippen LogP) is 3.93. The maximum Gasteiger partial charge on any atom is 0.280 e. The third-order valence-electron chi connectivity index (χ3n) is 2.95. The van der Waals surface area contributed by atoms with Gasteiger partial charge in [0.2, 0.25) is 0 Å². The van der Waals surface area contributed by atoms with Crippen LogP contribution in [-0.2, 0) is 10.8 Å². The molecule has 9 nitrogen and oxygen atoms in total. The predicted molar refractivity (Wildman–Crippen MR) is 178 cm³/mol. The van der Waals surface area contributed by atoms with Crippen LogP contribution in [0.5, 0.6) is 0 Å². The van der Waals surface area contributed by atoms with Gasteiger partial charge in [0.15, 0.2) is 0 Å². The molecule has 0 spiro atoms. The number of rotatable bonds is 25. The Morgan fingerprint density at radius 1 is 0.750 bits per heavy atom. The highest BCUT2D eigenvalue weighted by Crippen LogP contribution is 2.21. The normalized spacial score (nSPS) is 12.2. The second-order valence-corrected chi connectivity index (χ2v) is 18.1. The van der Waals surface area contributed by atoms with Gasteiger partial charge in [-0.2, -0.15) is 0 Å². The Labute approximate surface area is 255 Å². The molecule has 1 atom stereocenters. The van der Waals surface area contributed by atoms with E-state index >= 15 is 0 Å². The first-order valence-corrected chi connectivity index (χ1v) is 21.7. The maximum absolute atomic E-state index is 11.9. The minimum absolute atomic E-state index is 0.00918. The number of aliphatic hydroxyl groups is 2. The Hall–Kier alpha value is 1.79. The van der Waals surface area contributed by atoms with Crippen LogP contribution in [0.4, 0.5) is 9.59 Å². The number of carbonyl (C=O) groups is 2. The average Bonchev–Trinajstić information content (AvgIpc) is 2.87. The molecule has 0 aromatic carbocycles. The molecule has 0 fully saturated rings. The van der Waals surface area contributed by atoms with Crippen LogP contribution in [0.15, 0.2) is 4.99 Å². The minimum atomic E-state index is -1.08. The first-order chi connectivity index (χ1) is 17.6. The van der Waals surface area contributed by atoms with E-state index in [-0.39, 0.29) is 23.7 Å². The van der Waals surface area contributed by atoms with Crippen LogP contribution < -0.4 is 16.0 Å². The quantitative estimate of drug-likeness (QED) is 0.0408. The molecular weight excluding hydrogens is 661 g/mol. The Kier molecular flexibility index (Phi) is 32.9. The number of hydrogen-bond donors (Lipinski definition) is 5. The van der Waals surface area contributed by atoms with Gasteiger partial charge in [0.25, 0.3) is 10.5 Å². The zero-order valence-electron chi connectivity index (χ0n) is 19.6. The molecular formula is C17H34N4O5S10. The topological polar surface area (TPSA) is 140 Å². The molecule has 0 aliphatic carbocycles. The highest BCUT2D eigenvalue weighted by molar-refractivity contribution is 8.29. The molecule has 0 radical (unpaired) electrons. The molecule has 2 amide bonds. The van der Waals surface area contributed by atoms with Gasteiger partial charge >= 0.3 is 0 Å². The van der Waals surface area contributed by atoms with Gasteiger partial charge in [0, 0.05) is 43.6 Å². The van der Waals surface area contributed by atoms with Crippen molar-refractivity contribution in [2.45, 2.75) is 0 Å². The van der Waals surface area contributed by atoms with Crippen molar-refractivity contribution in [3.63, 3.8) is 0 Å². The smallest absolute Gasteiger partial charge is 0.280 e. The lowest BCUT2D eigenvalue weighted by molar-refractivity contribution is 0.261. The summed E-state index contributed by atoms with van der Waals surface area (Å²) in [5.41, 5.74) is 1.50. The van der Waals surface area contributed by atoms with Crippen molar-refractivity contribution < 1.29 is 24.0 Å². The van der Waals surface area contributed by atoms with E-state index in [1.54, 1.807) is 82.3 Å². The van der Waals surface area contributed by atoms with Crippen molar-refractivity contribution >= 4 is 133 Å². The lowest BCUT2D eigenvalue weighted by Crippen LogP contribution is -2.19. The molecule has 0 aromatic rings. The molecule has 36 heavy (non-hydrogen) atoms. The Morgan fingerprint density at radius 2 is 1.36 bits per heavy atom. The first-order valence-electron chi connectivity index (χ1n) is 10.2. The number of hydrogen-bond acceptors (Lipinski definition) is 16. The van der Waals surface area contributed by atoms with Gasteiger partial charge in [-0.1, -0.05) is 23.5 Å². The number of aliphatic hydroxyl groups excluding tert-OH is 2. The first kappa shape index (κ1) is 37.8. The summed E-state index contributed by atoms with van der Waals surface area (Å²) in [5, 5.41) is 30.5. The Morgan fingerprint density at radius 3 is 2.08 bits per heavy atom. The molecule has 0 aromatic heterocycles. The van der Waals surface area contributed by atoms with Gasteiger partial charge in [-0.15, -0.1) is 82.3 Å². The van der Waals surface area contributed by atoms with Gasteiger partial charge in [-0.3, -0.25) is 18.8 Å². The van der Waals surface area contributed by atoms with E-state index in [4.69, 9.17) is 10.2 Å². The van der Waals surface area contributed by atoms with Gasteiger partial charge in [0.05, 0.1) is 52.3 Å². The molecule has 0 heterocycles. The third-order valence-corrected chi connectivity index (χ3v) is 14.0. The summed E-state index contributed by atoms with van der Waals surface area (Å²) in [6, 6.07) is 0. The second-order valence-electron chi connectivity index (χ2n) is 5.74. The molecule has 0 bridgehead atoms. The van der Waals surface area contributed by atoms with E-state index < -0.39 is 10.8 Å². The highest BCUT2D eigenvalue weighted by Gasteiger charge is 2.03. The van der Waals surface area contributed by atoms with Crippen LogP contribution in [0.3, 0.4) is 0 Å². The molecule has 0 aliphatic rings. The maximum atomic E-state index is 11.9. The molecule has 212 valence electrons. The summed E-state index contributed by atoms with van der Waals surface area (Å²) in [4.78, 5) is 27.2. The zero-order valence-corrected chi connectivity index (χ0v) is 27.8. The van der Waals surface area contributed by atoms with E-state index in [2.05, 4.69) is 20.9 Å². The molecule has 1 unspecified atom stereocenters. The summed E-state index contributed by atoms with van der Waals surface area (Å²) < 4.78 is 11.9. The summed E-state index contributed by atoms with van der Waals surface area (Å²) in [7, 11) is -1.08. The van der Waals surface area contributed by atoms with E-state index in [0.717, 1.165) is 38.0 Å². The molecule has 0 saturated carbocycles. The van der Waals surface area contributed by atoms with Crippen molar-refractivity contribution in [2.24, 2.45) is 4.99 Å². The molecule has 19 heteroatoms. The number of thioether (sulfide) groups is 9. The Bertz CT molecular complexity index is 598. The number of aliphatic imine (C=N–C) groups is 1. The Balaban J connectivity index is 3.38. The van der Waals surface area contributed by atoms with Gasteiger partial charge in [-0.25, -0.2) is 0 Å². The van der Waals surface area contributed by atoms with Crippen LogP contribution in [-0.4, -0.2) is 110 Å². The molecule has 0 rings (SSSR count). The average molecular weight is 695 g/mol. The fourth-order valence-electron chi connectivity index (χ4n) is 1.56. The van der Waals surface area contributed by atoms with Crippen molar-refractivity contribution in [1.29, 1.82) is 0 Å². The van der Waals surface area contributed by atoms with Crippen molar-refractivity contribution in [3.8, 4) is 0 Å². The standard InChI is InChI=1S/C17H34N4O5S10/c22-2-1-18-5-27-10-30-8-21-17(25)35-14-32-12-31-13-33-15-36(26)9-19-6-28-11-29-7-20-16(24)34-4-3-23/h9,18,22-23H,1-8,10-15H2,(H,20,24)(H,21,25)/b19-9-. The number of nitrogens with one attached hydrogen (secondary N) is 3. The van der Waals surface area contributed by atoms with Crippen LogP contribution in [0, 0.1) is 0 Å². The summed E-state index contributed by atoms with van der Waals surface area (Å²) in [6.07, 6.45) is 0. The lowest BCUT2D eigenvalue weighted by atomic mass is 10.7. The van der Waals surface area contributed by atoms with Crippen LogP contribution in [0.25, 0.3) is 0 Å². The van der Waals surface area contributed by atoms with Crippen molar-refractivity contribution in [1.82, 2.24) is 16.0 Å². The van der Waals surface area contributed by atoms with E-state index in [1.165, 1.54) is 17.3 Å². The summed E-state index contributed by atoms with van der Waals surface area (Å²) >= 11 is 13.9. The van der Waals surface area contributed by atoms with E-state index in [0.29, 0.717) is 40.1 Å².